The highest BCUT2D eigenvalue weighted by Gasteiger charge is 2.53. The predicted molar refractivity (Wildman–Crippen MR) is 452 cm³/mol. The Kier molecular flexibility index (Phi) is 25.0. The summed E-state index contributed by atoms with van der Waals surface area (Å²) in [6.45, 7) is 13.8. The lowest BCUT2D eigenvalue weighted by atomic mass is 9.79. The molecule has 0 aliphatic carbocycles. The number of rotatable bonds is 13. The van der Waals surface area contributed by atoms with E-state index >= 15 is 0 Å². The number of ether oxygens (including phenoxy) is 5. The second-order valence-corrected chi connectivity index (χ2v) is 39.2. The number of aromatic nitrogens is 16. The fourth-order valence-corrected chi connectivity index (χ4v) is 24.0. The van der Waals surface area contributed by atoms with Gasteiger partial charge >= 0.3 is 0 Å². The lowest BCUT2D eigenvalue weighted by Gasteiger charge is -2.46. The van der Waals surface area contributed by atoms with Crippen molar-refractivity contribution in [1.82, 2.24) is 101 Å². The lowest BCUT2D eigenvalue weighted by molar-refractivity contribution is -0.129. The minimum Gasteiger partial charge on any atom is -0.508 e. The van der Waals surface area contributed by atoms with Gasteiger partial charge in [-0.05, 0) is 132 Å². The van der Waals surface area contributed by atoms with Gasteiger partial charge in [0.05, 0.1) is 154 Å². The Morgan fingerprint density at radius 1 is 0.433 bits per heavy atom. The number of hydrogen-bond acceptors (Lipinski definition) is 30. The first-order valence-electron chi connectivity index (χ1n) is 39.9. The van der Waals surface area contributed by atoms with Crippen LogP contribution in [0.3, 0.4) is 0 Å². The maximum Gasteiger partial charge on any atom is 0.125 e. The third-order valence-electron chi connectivity index (χ3n) is 23.2. The van der Waals surface area contributed by atoms with Crippen molar-refractivity contribution in [2.75, 3.05) is 33.5 Å². The first-order valence-corrected chi connectivity index (χ1v) is 44.7. The molecular weight excluding hydrogens is 1700 g/mol. The number of piperidine rings is 4. The quantitative estimate of drug-likeness (QED) is 0.0518. The fraction of sp³-hybridized carbons (Fsp3) is 0.463. The number of phenolic OH excluding ortho intramolecular Hbond substituents is 1. The van der Waals surface area contributed by atoms with Crippen LogP contribution >= 0.6 is 91.8 Å². The molecule has 4 spiro atoms. The van der Waals surface area contributed by atoms with E-state index < -0.39 is 46.8 Å². The van der Waals surface area contributed by atoms with E-state index in [-0.39, 0.29) is 80.5 Å². The van der Waals surface area contributed by atoms with E-state index in [0.717, 1.165) is 124 Å². The van der Waals surface area contributed by atoms with Crippen molar-refractivity contribution in [3.63, 3.8) is 0 Å². The maximum atomic E-state index is 10.4. The molecule has 2 aromatic carbocycles. The van der Waals surface area contributed by atoms with Crippen molar-refractivity contribution in [3.8, 4) is 11.5 Å². The normalized spacial score (nSPS) is 28.6. The maximum absolute atomic E-state index is 10.4. The summed E-state index contributed by atoms with van der Waals surface area (Å²) in [6.07, 6.45) is 16.6. The van der Waals surface area contributed by atoms with E-state index in [4.69, 9.17) is 70.1 Å². The number of aryl methyl sites for hydroxylation is 1. The largest absolute Gasteiger partial charge is 0.508 e. The van der Waals surface area contributed by atoms with Crippen molar-refractivity contribution in [2.24, 2.45) is 0 Å². The number of nitrogens with one attached hydrogen (secondary N) is 4. The van der Waals surface area contributed by atoms with Gasteiger partial charge in [0.2, 0.25) is 0 Å². The average molecular weight is 1790 g/mol. The molecule has 4 saturated heterocycles. The van der Waals surface area contributed by atoms with Crippen LogP contribution in [0.1, 0.15) is 220 Å². The summed E-state index contributed by atoms with van der Waals surface area (Å²) in [5.74, 6) is 1.80. The van der Waals surface area contributed by atoms with E-state index in [1.165, 1.54) is 45.3 Å². The van der Waals surface area contributed by atoms with Gasteiger partial charge in [-0.2, -0.15) is 10.2 Å². The molecule has 10 aromatic heterocycles. The molecule has 0 saturated carbocycles. The van der Waals surface area contributed by atoms with Crippen molar-refractivity contribution < 1.29 is 49.2 Å². The molecule has 30 nitrogen and oxygen atoms in total. The van der Waals surface area contributed by atoms with E-state index in [2.05, 4.69) is 110 Å². The minimum absolute atomic E-state index is 0.00761. The lowest BCUT2D eigenvalue weighted by Crippen LogP contribution is -2.50. The molecule has 632 valence electrons. The molecule has 12 aromatic rings. The average Bonchev–Trinajstić information content (AvgIpc) is 1.54. The third kappa shape index (κ3) is 18.3. The van der Waals surface area contributed by atoms with Crippen molar-refractivity contribution >= 4 is 91.8 Å². The summed E-state index contributed by atoms with van der Waals surface area (Å²) in [7, 11) is 1.66. The number of thiophene rings is 4. The first-order chi connectivity index (χ1) is 57.8. The Morgan fingerprint density at radius 2 is 0.775 bits per heavy atom. The SMILES string of the molecule is COc1cccc(Cn2cc([C@@H]3C[C@]4(C[C@H](C)N3)OC[C@@H](O)c3cc(Cl)sc34)nn2)c1.C[C@H]1C[C@@]2(C[C@@H](c3cn(Cc4cccc(O)c4)nn3)N1)OC[C@@H](O)c1cc(Cl)sc12.C[C@H]1C[C@@]2(C[C@@H](c3cn(Cc4cccnn4)nn3)N1)OC[C@@H](O)c1cc(Cl)sc12.Cc1ncc(Cn2cc([C@@H]3C[C@]4(C[C@H](C)N3)OC[C@@H](O)c3cc(Cl)sc34)nn2)cn1. The Balaban J connectivity index is 0.000000114. The number of aliphatic hydroxyl groups is 4. The monoisotopic (exact) mass is 1780 g/mol. The number of aromatic hydroxyl groups is 1. The number of hydrogen-bond donors (Lipinski definition) is 9. The van der Waals surface area contributed by atoms with Crippen LogP contribution in [-0.4, -0.2) is 163 Å². The molecular formula is C82H92Cl4N20O10S4. The number of halogens is 4. The second-order valence-electron chi connectivity index (χ2n) is 32.5. The van der Waals surface area contributed by atoms with Gasteiger partial charge in [-0.15, -0.1) is 65.7 Å². The Bertz CT molecular complexity index is 5560. The molecule has 18 heterocycles. The van der Waals surface area contributed by atoms with Gasteiger partial charge in [-0.25, -0.2) is 28.7 Å². The summed E-state index contributed by atoms with van der Waals surface area (Å²) in [6, 6.07) is 27.1. The number of benzene rings is 2. The summed E-state index contributed by atoms with van der Waals surface area (Å²) in [5.41, 5.74) is 8.97. The van der Waals surface area contributed by atoms with E-state index in [1.807, 2.05) is 122 Å². The van der Waals surface area contributed by atoms with E-state index in [0.29, 0.717) is 69.2 Å². The van der Waals surface area contributed by atoms with Crippen LogP contribution in [0, 0.1) is 6.92 Å². The van der Waals surface area contributed by atoms with Crippen LogP contribution in [0.2, 0.25) is 17.3 Å². The summed E-state index contributed by atoms with van der Waals surface area (Å²) >= 11 is 31.2. The number of phenols is 1. The van der Waals surface area contributed by atoms with Crippen LogP contribution in [0.25, 0.3) is 0 Å². The first kappa shape index (κ1) is 84.5. The zero-order valence-electron chi connectivity index (χ0n) is 66.4. The van der Waals surface area contributed by atoms with Crippen molar-refractivity contribution in [3.05, 3.63) is 238 Å². The van der Waals surface area contributed by atoms with Crippen LogP contribution in [0.4, 0.5) is 0 Å². The highest BCUT2D eigenvalue weighted by molar-refractivity contribution is 7.17. The standard InChI is InChI=1S/C22H25ClN4O3S.C21H23ClN4O3S.C20H23ClN6O2S.C19H21ClN6O2S/c1-13-8-22(21-16(7-20(23)31-21)19(28)12-30-22)9-17(24-13)18-11-27(26-25-18)10-14-4-3-5-15(6-14)29-2;1-12-7-21(20-15(6-19(22)30-20)18(28)11-29-21)8-16(23-12)17-10-26(25-24-17)9-13-3-2-4-14(27)5-13;1-11-4-20(19-14(3-18(21)30-19)17(28)10-29-20)5-15(24-11)16-9-27(26-25-16)8-13-6-22-12(2)23-7-13;1-11-6-19(18-13(5-17(20)29-18)16(27)10-28-19)7-14(22-11)15-9-26(25-24-15)8-12-3-2-4-21-23-12/h3-7,11,13,17,19,24,28H,8-10,12H2,1-2H3;2-6,10,12,16,18,23,27-28H,7-9,11H2,1H3;3,6-7,9,11,15,17,24,28H,4-5,8,10H2,1-2H3;2-5,9,11,14,16,22,27H,6-8,10H2,1H3/t13-,17-,19+,22-;12-,16-,18+,21-;11-,15-,17+,20-;11-,14-,16+,19-/m0000/s1. The summed E-state index contributed by atoms with van der Waals surface area (Å²) in [5, 5.41) is 109. The van der Waals surface area contributed by atoms with Gasteiger partial charge in [0.25, 0.3) is 0 Å². The Hall–Kier alpha value is -7.76. The van der Waals surface area contributed by atoms with Crippen LogP contribution in [0.15, 0.2) is 128 Å². The van der Waals surface area contributed by atoms with Crippen LogP contribution in [-0.2, 0) is 67.5 Å². The van der Waals surface area contributed by atoms with Gasteiger partial charge in [-0.3, -0.25) is 0 Å². The molecule has 16 atom stereocenters. The zero-order valence-corrected chi connectivity index (χ0v) is 72.7. The molecule has 8 aliphatic rings. The molecule has 4 fully saturated rings. The molecule has 8 aliphatic heterocycles. The molecule has 38 heteroatoms. The van der Waals surface area contributed by atoms with Gasteiger partial charge in [-0.1, -0.05) is 91.5 Å². The Morgan fingerprint density at radius 3 is 1.12 bits per heavy atom. The molecule has 120 heavy (non-hydrogen) atoms. The van der Waals surface area contributed by atoms with Crippen molar-refractivity contribution in [2.45, 2.75) is 207 Å². The van der Waals surface area contributed by atoms with Gasteiger partial charge in [0.1, 0.15) is 64.1 Å². The summed E-state index contributed by atoms with van der Waals surface area (Å²) < 4.78 is 40.3. The minimum atomic E-state index is -0.638. The van der Waals surface area contributed by atoms with E-state index in [1.54, 1.807) is 39.5 Å². The van der Waals surface area contributed by atoms with Crippen LogP contribution in [0.5, 0.6) is 11.5 Å². The predicted octanol–water partition coefficient (Wildman–Crippen LogP) is 12.9. The third-order valence-corrected chi connectivity index (χ3v) is 29.1. The highest BCUT2D eigenvalue weighted by atomic mass is 35.5. The molecule has 9 N–H and O–H groups in total. The number of aliphatic hydroxyl groups excluding tert-OH is 4. The molecule has 0 amide bonds. The highest BCUT2D eigenvalue weighted by Crippen LogP contribution is 2.57. The topological polar surface area (TPSA) is 370 Å². The second kappa shape index (κ2) is 35.5. The molecule has 0 radical (unpaired) electrons. The van der Waals surface area contributed by atoms with Gasteiger partial charge in [0.15, 0.2) is 0 Å². The van der Waals surface area contributed by atoms with Crippen LogP contribution < -0.4 is 26.0 Å². The number of methoxy groups -OCH3 is 1. The molecule has 0 unspecified atom stereocenters. The van der Waals surface area contributed by atoms with E-state index in [9.17, 15) is 25.5 Å². The zero-order chi connectivity index (χ0) is 83.4. The fourth-order valence-electron chi connectivity index (χ4n) is 18.2. The number of fused-ring (bicyclic) bond motifs is 8. The number of nitrogens with zero attached hydrogens (tertiary/aromatic N) is 16. The smallest absolute Gasteiger partial charge is 0.125 e. The molecule has 20 rings (SSSR count). The van der Waals surface area contributed by atoms with Gasteiger partial charge in [0, 0.05) is 116 Å². The summed E-state index contributed by atoms with van der Waals surface area (Å²) in [4.78, 5) is 12.6. The molecule has 0 bridgehead atoms. The van der Waals surface area contributed by atoms with Gasteiger partial charge < -0.3 is 70.5 Å². The Labute approximate surface area is 727 Å². The van der Waals surface area contributed by atoms with Crippen molar-refractivity contribution in [1.29, 1.82) is 0 Å².